The highest BCUT2D eigenvalue weighted by Crippen LogP contribution is 2.44. The minimum atomic E-state index is 0.828. The molecule has 0 fully saturated rings. The minimum Gasteiger partial charge on any atom is -0.309 e. The van der Waals surface area contributed by atoms with Crippen LogP contribution in [0.3, 0.4) is 0 Å². The Morgan fingerprint density at radius 2 is 0.947 bits per heavy atom. The van der Waals surface area contributed by atoms with Crippen molar-refractivity contribution < 1.29 is 0 Å². The molecule has 4 aromatic heterocycles. The normalized spacial score (nSPS) is 12.2. The molecule has 9 aromatic carbocycles. The summed E-state index contributed by atoms with van der Waals surface area (Å²) < 4.78 is 7.30. The second kappa shape index (κ2) is 11.6. The van der Waals surface area contributed by atoms with Gasteiger partial charge >= 0.3 is 0 Å². The summed E-state index contributed by atoms with van der Waals surface area (Å²) in [7, 11) is 0. The highest BCUT2D eigenvalue weighted by Gasteiger charge is 2.23. The van der Waals surface area contributed by atoms with E-state index in [1.165, 1.54) is 68.9 Å². The lowest BCUT2D eigenvalue weighted by atomic mass is 10.0. The molecule has 0 atom stereocenters. The number of rotatable bonds is 3. The lowest BCUT2D eigenvalue weighted by Gasteiger charge is -2.15. The van der Waals surface area contributed by atoms with Crippen LogP contribution in [0.25, 0.3) is 119 Å². The number of para-hydroxylation sites is 4. The maximum absolute atomic E-state index is 5.49. The monoisotopic (exact) mass is 742 g/mol. The molecule has 4 nitrogen and oxygen atoms in total. The first kappa shape index (κ1) is 30.9. The van der Waals surface area contributed by atoms with Crippen LogP contribution in [0.15, 0.2) is 182 Å². The van der Waals surface area contributed by atoms with Gasteiger partial charge in [-0.25, -0.2) is 9.97 Å². The number of thiophene rings is 1. The summed E-state index contributed by atoms with van der Waals surface area (Å²) >= 11 is 1.83. The van der Waals surface area contributed by atoms with Gasteiger partial charge in [-0.1, -0.05) is 121 Å². The molecule has 13 rings (SSSR count). The second-order valence-electron chi connectivity index (χ2n) is 15.0. The molecule has 0 amide bonds. The van der Waals surface area contributed by atoms with E-state index in [1.54, 1.807) is 0 Å². The fourth-order valence-corrected chi connectivity index (χ4v) is 10.5. The number of benzene rings is 9. The Morgan fingerprint density at radius 1 is 0.368 bits per heavy atom. The van der Waals surface area contributed by atoms with Gasteiger partial charge in [-0.15, -0.1) is 11.3 Å². The van der Waals surface area contributed by atoms with Crippen molar-refractivity contribution in [2.24, 2.45) is 0 Å². The first-order valence-corrected chi connectivity index (χ1v) is 20.1. The third kappa shape index (κ3) is 4.37. The maximum Gasteiger partial charge on any atom is 0.165 e. The molecule has 4 heterocycles. The van der Waals surface area contributed by atoms with Gasteiger partial charge in [0.2, 0.25) is 0 Å². The van der Waals surface area contributed by atoms with Crippen molar-refractivity contribution in [3.05, 3.63) is 182 Å². The Balaban J connectivity index is 1.13. The molecule has 0 aliphatic heterocycles. The van der Waals surface area contributed by atoms with E-state index in [-0.39, 0.29) is 0 Å². The maximum atomic E-state index is 5.49. The Labute approximate surface area is 330 Å². The fourth-order valence-electron chi connectivity index (χ4n) is 9.32. The van der Waals surface area contributed by atoms with Crippen molar-refractivity contribution in [3.8, 4) is 22.8 Å². The summed E-state index contributed by atoms with van der Waals surface area (Å²) in [4.78, 5) is 10.9. The fraction of sp³-hybridized carbons (Fsp3) is 0. The molecule has 0 aliphatic carbocycles. The Morgan fingerprint density at radius 3 is 1.77 bits per heavy atom. The zero-order chi connectivity index (χ0) is 37.2. The third-order valence-corrected chi connectivity index (χ3v) is 13.1. The molecular formula is C52H30N4S. The van der Waals surface area contributed by atoms with Crippen molar-refractivity contribution in [1.29, 1.82) is 0 Å². The molecule has 0 bridgehead atoms. The van der Waals surface area contributed by atoms with Gasteiger partial charge in [0.25, 0.3) is 0 Å². The molecule has 0 saturated heterocycles. The van der Waals surface area contributed by atoms with E-state index in [2.05, 4.69) is 179 Å². The van der Waals surface area contributed by atoms with Crippen molar-refractivity contribution in [3.63, 3.8) is 0 Å². The first-order chi connectivity index (χ1) is 28.3. The van der Waals surface area contributed by atoms with Crippen LogP contribution in [0.1, 0.15) is 0 Å². The van der Waals surface area contributed by atoms with Crippen LogP contribution in [0.2, 0.25) is 0 Å². The largest absolute Gasteiger partial charge is 0.309 e. The summed E-state index contributed by atoms with van der Waals surface area (Å²) in [6.07, 6.45) is 0. The number of fused-ring (bicyclic) bond motifs is 12. The van der Waals surface area contributed by atoms with Crippen LogP contribution in [0, 0.1) is 0 Å². The second-order valence-corrected chi connectivity index (χ2v) is 16.0. The highest BCUT2D eigenvalue weighted by molar-refractivity contribution is 7.26. The molecule has 5 heteroatoms. The van der Waals surface area contributed by atoms with Crippen LogP contribution >= 0.6 is 11.3 Å². The summed E-state index contributed by atoms with van der Waals surface area (Å²) in [5.41, 5.74) is 9.48. The van der Waals surface area contributed by atoms with Gasteiger partial charge in [-0.3, -0.25) is 4.57 Å². The van der Waals surface area contributed by atoms with E-state index in [9.17, 15) is 0 Å². The van der Waals surface area contributed by atoms with E-state index in [4.69, 9.17) is 9.97 Å². The molecule has 0 spiro atoms. The van der Waals surface area contributed by atoms with Gasteiger partial charge in [0, 0.05) is 52.7 Å². The summed E-state index contributed by atoms with van der Waals surface area (Å²) in [5.74, 6) is 0.828. The molecule has 0 N–H and O–H groups in total. The molecule has 0 radical (unpaired) electrons. The SMILES string of the molecule is c1ccc2cc3c(cc2c1)c1ccccc1n3-c1cccc2cc3c(cc12)c1ccccc1n3-c1nc2ccccc2nc1-c1cccc2c1sc1ccccc12. The Hall–Kier alpha value is -7.34. The van der Waals surface area contributed by atoms with Crippen LogP contribution in [-0.2, 0) is 0 Å². The standard InChI is InChI=1S/C52H30N4S/c1-2-14-32-28-47-40(27-31(32)13-1)34-16-3-8-23-44(34)55(47)46-25-11-15-33-29-48-41(30-39(33)46)35-17-4-9-24-45(35)56(48)52-50(53-42-21-6-7-22-43(42)54-52)38-20-12-19-37-36-18-5-10-26-49(36)57-51(37)38/h1-30H. The molecule has 0 unspecified atom stereocenters. The van der Waals surface area contributed by atoms with Crippen LogP contribution < -0.4 is 0 Å². The molecular weight excluding hydrogens is 713 g/mol. The van der Waals surface area contributed by atoms with E-state index >= 15 is 0 Å². The average molecular weight is 743 g/mol. The lowest BCUT2D eigenvalue weighted by molar-refractivity contribution is 1.08. The Kier molecular flexibility index (Phi) is 6.29. The quantitative estimate of drug-likeness (QED) is 0.181. The Bertz CT molecular complexity index is 3830. The van der Waals surface area contributed by atoms with E-state index in [0.717, 1.165) is 50.2 Å². The smallest absolute Gasteiger partial charge is 0.165 e. The highest BCUT2D eigenvalue weighted by atomic mass is 32.1. The minimum absolute atomic E-state index is 0.828. The van der Waals surface area contributed by atoms with Gasteiger partial charge in [0.05, 0.1) is 38.8 Å². The number of aromatic nitrogens is 4. The summed E-state index contributed by atoms with van der Waals surface area (Å²) in [6.45, 7) is 0. The van der Waals surface area contributed by atoms with Crippen molar-refractivity contribution in [2.75, 3.05) is 0 Å². The van der Waals surface area contributed by atoms with Crippen molar-refractivity contribution in [2.45, 2.75) is 0 Å². The van der Waals surface area contributed by atoms with E-state index in [0.29, 0.717) is 0 Å². The predicted molar refractivity (Wildman–Crippen MR) is 242 cm³/mol. The molecule has 0 saturated carbocycles. The molecule has 13 aromatic rings. The van der Waals surface area contributed by atoms with Gasteiger partial charge in [-0.2, -0.15) is 0 Å². The van der Waals surface area contributed by atoms with Gasteiger partial charge in [0.15, 0.2) is 5.82 Å². The topological polar surface area (TPSA) is 35.6 Å². The van der Waals surface area contributed by atoms with Crippen molar-refractivity contribution >= 4 is 108 Å². The summed E-state index contributed by atoms with van der Waals surface area (Å²) in [6, 6.07) is 65.9. The van der Waals surface area contributed by atoms with Crippen molar-refractivity contribution in [1.82, 2.24) is 19.1 Å². The first-order valence-electron chi connectivity index (χ1n) is 19.3. The summed E-state index contributed by atoms with van der Waals surface area (Å²) in [5, 5.41) is 12.2. The number of nitrogens with zero attached hydrogens (tertiary/aromatic N) is 4. The number of hydrogen-bond acceptors (Lipinski definition) is 3. The number of hydrogen-bond donors (Lipinski definition) is 0. The van der Waals surface area contributed by atoms with E-state index in [1.807, 2.05) is 23.5 Å². The van der Waals surface area contributed by atoms with Gasteiger partial charge in [-0.05, 0) is 76.8 Å². The van der Waals surface area contributed by atoms with Gasteiger partial charge < -0.3 is 4.57 Å². The molecule has 57 heavy (non-hydrogen) atoms. The molecule has 0 aliphatic rings. The van der Waals surface area contributed by atoms with Crippen LogP contribution in [0.4, 0.5) is 0 Å². The average Bonchev–Trinajstić information content (AvgIpc) is 3.91. The lowest BCUT2D eigenvalue weighted by Crippen LogP contribution is -2.04. The zero-order valence-corrected chi connectivity index (χ0v) is 31.3. The zero-order valence-electron chi connectivity index (χ0n) is 30.5. The van der Waals surface area contributed by atoms with Crippen LogP contribution in [-0.4, -0.2) is 19.1 Å². The third-order valence-electron chi connectivity index (χ3n) is 11.9. The van der Waals surface area contributed by atoms with Crippen LogP contribution in [0.5, 0.6) is 0 Å². The predicted octanol–water partition coefficient (Wildman–Crippen LogP) is 14.2. The molecule has 264 valence electrons. The van der Waals surface area contributed by atoms with Gasteiger partial charge in [0.1, 0.15) is 5.69 Å². The van der Waals surface area contributed by atoms with E-state index < -0.39 is 0 Å².